The Morgan fingerprint density at radius 2 is 1.92 bits per heavy atom. The van der Waals surface area contributed by atoms with E-state index in [4.69, 9.17) is 16.3 Å². The maximum Gasteiger partial charge on any atom is 0.244 e. The number of pyridine rings is 1. The number of nitrogens with one attached hydrogen (secondary N) is 1. The van der Waals surface area contributed by atoms with E-state index in [1.807, 2.05) is 42.5 Å². The zero-order chi connectivity index (χ0) is 16.8. The van der Waals surface area contributed by atoms with Crippen LogP contribution in [0.15, 0.2) is 54.7 Å². The van der Waals surface area contributed by atoms with Crippen LogP contribution in [-0.4, -0.2) is 24.1 Å². The Bertz CT molecular complexity index is 708. The average molecular weight is 343 g/mol. The van der Waals surface area contributed by atoms with Gasteiger partial charge in [-0.25, -0.2) is 0 Å². The molecule has 5 heteroatoms. The van der Waals surface area contributed by atoms with Crippen molar-refractivity contribution in [1.82, 2.24) is 10.3 Å². The van der Waals surface area contributed by atoms with Crippen LogP contribution < -0.4 is 5.32 Å². The summed E-state index contributed by atoms with van der Waals surface area (Å²) in [5, 5.41) is 3.84. The molecule has 3 rings (SSSR count). The third-order valence-electron chi connectivity index (χ3n) is 4.20. The van der Waals surface area contributed by atoms with Gasteiger partial charge < -0.3 is 10.1 Å². The van der Waals surface area contributed by atoms with Gasteiger partial charge >= 0.3 is 0 Å². The molecule has 1 aromatic carbocycles. The first-order valence-electron chi connectivity index (χ1n) is 7.93. The third-order valence-corrected chi connectivity index (χ3v) is 4.45. The molecule has 2 heterocycles. The van der Waals surface area contributed by atoms with Gasteiger partial charge in [-0.05, 0) is 48.7 Å². The molecule has 1 aliphatic heterocycles. The molecule has 124 valence electrons. The number of halogens is 1. The normalized spacial score (nSPS) is 16.9. The first-order valence-corrected chi connectivity index (χ1v) is 8.31. The van der Waals surface area contributed by atoms with Crippen LogP contribution in [0.3, 0.4) is 0 Å². The molecular formula is C19H19ClN2O2. The maximum atomic E-state index is 12.4. The highest BCUT2D eigenvalue weighted by Gasteiger charge is 2.35. The molecule has 0 spiro atoms. The molecule has 1 saturated heterocycles. The molecular weight excluding hydrogens is 324 g/mol. The molecule has 0 saturated carbocycles. The maximum absolute atomic E-state index is 12.4. The summed E-state index contributed by atoms with van der Waals surface area (Å²) in [5.74, 6) is -0.141. The number of aromatic nitrogens is 1. The molecule has 24 heavy (non-hydrogen) atoms. The molecule has 0 bridgehead atoms. The van der Waals surface area contributed by atoms with Gasteiger partial charge in [0.05, 0.1) is 11.2 Å². The zero-order valence-electron chi connectivity index (χ0n) is 13.2. The second-order valence-corrected chi connectivity index (χ2v) is 6.21. The first-order chi connectivity index (χ1) is 11.7. The molecule has 1 aliphatic rings. The summed E-state index contributed by atoms with van der Waals surface area (Å²) in [6.07, 6.45) is 6.40. The molecule has 0 radical (unpaired) electrons. The van der Waals surface area contributed by atoms with Crippen LogP contribution in [0, 0.1) is 0 Å². The lowest BCUT2D eigenvalue weighted by molar-refractivity contribution is -0.119. The monoisotopic (exact) mass is 342 g/mol. The number of hydrogen-bond acceptors (Lipinski definition) is 3. The summed E-state index contributed by atoms with van der Waals surface area (Å²) in [4.78, 5) is 16.6. The molecule has 1 amide bonds. The van der Waals surface area contributed by atoms with Crippen LogP contribution in [0.5, 0.6) is 0 Å². The predicted octanol–water partition coefficient (Wildman–Crippen LogP) is 3.57. The minimum Gasteiger partial charge on any atom is -0.381 e. The molecule has 1 fully saturated rings. The van der Waals surface area contributed by atoms with Crippen molar-refractivity contribution >= 4 is 23.6 Å². The highest BCUT2D eigenvalue weighted by atomic mass is 35.5. The van der Waals surface area contributed by atoms with E-state index in [0.29, 0.717) is 18.2 Å². The van der Waals surface area contributed by atoms with Crippen molar-refractivity contribution in [2.75, 3.05) is 13.2 Å². The van der Waals surface area contributed by atoms with Crippen molar-refractivity contribution in [3.63, 3.8) is 0 Å². The fourth-order valence-electron chi connectivity index (χ4n) is 2.89. The Morgan fingerprint density at radius 3 is 2.58 bits per heavy atom. The standard InChI is InChI=1S/C19H19ClN2O2/c20-16-6-4-15(5-7-16)19(10-13-24-14-11-19)22-18(23)9-8-17-3-1-2-12-21-17/h1-9,12H,10-11,13-14H2,(H,22,23)/b9-8-. The van der Waals surface area contributed by atoms with Crippen molar-refractivity contribution in [2.24, 2.45) is 0 Å². The average Bonchev–Trinajstić information content (AvgIpc) is 2.62. The number of carbonyl (C=O) groups is 1. The Morgan fingerprint density at radius 1 is 1.17 bits per heavy atom. The predicted molar refractivity (Wildman–Crippen MR) is 94.6 cm³/mol. The summed E-state index contributed by atoms with van der Waals surface area (Å²) >= 11 is 5.99. The minimum atomic E-state index is -0.422. The smallest absolute Gasteiger partial charge is 0.244 e. The van der Waals surface area contributed by atoms with Gasteiger partial charge in [-0.3, -0.25) is 9.78 Å². The number of amides is 1. The number of rotatable bonds is 4. The highest BCUT2D eigenvalue weighted by Crippen LogP contribution is 2.32. The van der Waals surface area contributed by atoms with E-state index in [1.165, 1.54) is 6.08 Å². The molecule has 2 aromatic rings. The summed E-state index contributed by atoms with van der Waals surface area (Å²) in [7, 11) is 0. The number of nitrogens with zero attached hydrogens (tertiary/aromatic N) is 1. The van der Waals surface area contributed by atoms with Crippen molar-refractivity contribution < 1.29 is 9.53 Å². The van der Waals surface area contributed by atoms with Crippen molar-refractivity contribution in [3.05, 3.63) is 71.0 Å². The van der Waals surface area contributed by atoms with Gasteiger partial charge in [-0.2, -0.15) is 0 Å². The largest absolute Gasteiger partial charge is 0.381 e. The van der Waals surface area contributed by atoms with E-state index < -0.39 is 5.54 Å². The van der Waals surface area contributed by atoms with Crippen LogP contribution in [0.2, 0.25) is 5.02 Å². The van der Waals surface area contributed by atoms with Gasteiger partial charge in [0.25, 0.3) is 0 Å². The number of carbonyl (C=O) groups excluding carboxylic acids is 1. The van der Waals surface area contributed by atoms with Crippen LogP contribution >= 0.6 is 11.6 Å². The molecule has 0 unspecified atom stereocenters. The SMILES string of the molecule is O=C(/C=C\c1ccccn1)NC1(c2ccc(Cl)cc2)CCOCC1. The second kappa shape index (κ2) is 7.60. The van der Waals surface area contributed by atoms with E-state index >= 15 is 0 Å². The summed E-state index contributed by atoms with van der Waals surface area (Å²) < 4.78 is 5.48. The summed E-state index contributed by atoms with van der Waals surface area (Å²) in [5.41, 5.74) is 1.38. The Kier molecular flexibility index (Phi) is 5.28. The van der Waals surface area contributed by atoms with E-state index in [9.17, 15) is 4.79 Å². The van der Waals surface area contributed by atoms with E-state index in [2.05, 4.69) is 10.3 Å². The van der Waals surface area contributed by atoms with Crippen molar-refractivity contribution in [3.8, 4) is 0 Å². The van der Waals surface area contributed by atoms with E-state index in [1.54, 1.807) is 12.3 Å². The number of ether oxygens (including phenoxy) is 1. The Labute approximate surface area is 146 Å². The molecule has 0 aliphatic carbocycles. The van der Waals surface area contributed by atoms with Gasteiger partial charge in [0, 0.05) is 30.5 Å². The summed E-state index contributed by atoms with van der Waals surface area (Å²) in [6, 6.07) is 13.2. The van der Waals surface area contributed by atoms with Crippen LogP contribution in [0.4, 0.5) is 0 Å². The topological polar surface area (TPSA) is 51.2 Å². The third kappa shape index (κ3) is 4.02. The second-order valence-electron chi connectivity index (χ2n) is 5.78. The quantitative estimate of drug-likeness (QED) is 0.864. The summed E-state index contributed by atoms with van der Waals surface area (Å²) in [6.45, 7) is 1.24. The van der Waals surface area contributed by atoms with Crippen LogP contribution in [0.1, 0.15) is 24.1 Å². The van der Waals surface area contributed by atoms with E-state index in [-0.39, 0.29) is 5.91 Å². The lowest BCUT2D eigenvalue weighted by Crippen LogP contribution is -2.49. The molecule has 4 nitrogen and oxygen atoms in total. The van der Waals surface area contributed by atoms with Gasteiger partial charge in [-0.1, -0.05) is 29.8 Å². The van der Waals surface area contributed by atoms with Gasteiger partial charge in [-0.15, -0.1) is 0 Å². The molecule has 0 atom stereocenters. The number of hydrogen-bond donors (Lipinski definition) is 1. The van der Waals surface area contributed by atoms with Crippen molar-refractivity contribution in [1.29, 1.82) is 0 Å². The fraction of sp³-hybridized carbons (Fsp3) is 0.263. The Balaban J connectivity index is 1.78. The van der Waals surface area contributed by atoms with Gasteiger partial charge in [0.1, 0.15) is 0 Å². The lowest BCUT2D eigenvalue weighted by atomic mass is 9.82. The van der Waals surface area contributed by atoms with Crippen molar-refractivity contribution in [2.45, 2.75) is 18.4 Å². The van der Waals surface area contributed by atoms with Crippen LogP contribution in [0.25, 0.3) is 6.08 Å². The van der Waals surface area contributed by atoms with E-state index in [0.717, 1.165) is 24.1 Å². The van der Waals surface area contributed by atoms with Gasteiger partial charge in [0.15, 0.2) is 0 Å². The first kappa shape index (κ1) is 16.7. The lowest BCUT2D eigenvalue weighted by Gasteiger charge is -2.38. The zero-order valence-corrected chi connectivity index (χ0v) is 14.0. The van der Waals surface area contributed by atoms with Gasteiger partial charge in [0.2, 0.25) is 5.91 Å². The molecule has 1 aromatic heterocycles. The van der Waals surface area contributed by atoms with Crippen LogP contribution in [-0.2, 0) is 15.1 Å². The molecule has 1 N–H and O–H groups in total. The minimum absolute atomic E-state index is 0.141. The Hall–Kier alpha value is -2.17. The number of benzene rings is 1. The highest BCUT2D eigenvalue weighted by molar-refractivity contribution is 6.30. The fourth-order valence-corrected chi connectivity index (χ4v) is 3.01.